The number of halogens is 1. The normalized spacial score (nSPS) is 21.4. The van der Waals surface area contributed by atoms with Crippen molar-refractivity contribution in [3.63, 3.8) is 0 Å². The van der Waals surface area contributed by atoms with Crippen molar-refractivity contribution in [1.82, 2.24) is 15.1 Å². The highest BCUT2D eigenvalue weighted by Gasteiger charge is 2.28. The second kappa shape index (κ2) is 6.95. The minimum Gasteiger partial charge on any atom is -0.339 e. The lowest BCUT2D eigenvalue weighted by atomic mass is 9.96. The van der Waals surface area contributed by atoms with Crippen molar-refractivity contribution >= 4 is 24.2 Å². The molecule has 0 radical (unpaired) electrons. The lowest BCUT2D eigenvalue weighted by Crippen LogP contribution is -2.52. The van der Waals surface area contributed by atoms with E-state index in [9.17, 15) is 9.59 Å². The SMILES string of the molecule is CC(=O)N1CCN(C(=O)C2CCNCC2)CC1.Cl. The summed E-state index contributed by atoms with van der Waals surface area (Å²) in [5.41, 5.74) is 0. The van der Waals surface area contributed by atoms with E-state index in [1.54, 1.807) is 6.92 Å². The Hall–Kier alpha value is -0.810. The van der Waals surface area contributed by atoms with Crippen molar-refractivity contribution in [2.45, 2.75) is 19.8 Å². The number of piperidine rings is 1. The standard InChI is InChI=1S/C12H21N3O2.ClH/c1-10(16)14-6-8-15(9-7-14)12(17)11-2-4-13-5-3-11;/h11,13H,2-9H2,1H3;1H. The van der Waals surface area contributed by atoms with Crippen LogP contribution in [-0.2, 0) is 9.59 Å². The molecule has 1 N–H and O–H groups in total. The molecule has 18 heavy (non-hydrogen) atoms. The van der Waals surface area contributed by atoms with Crippen LogP contribution in [-0.4, -0.2) is 60.9 Å². The van der Waals surface area contributed by atoms with E-state index in [2.05, 4.69) is 5.32 Å². The molecule has 2 amide bonds. The molecule has 5 nitrogen and oxygen atoms in total. The summed E-state index contributed by atoms with van der Waals surface area (Å²) in [6, 6.07) is 0. The van der Waals surface area contributed by atoms with E-state index < -0.39 is 0 Å². The van der Waals surface area contributed by atoms with E-state index in [-0.39, 0.29) is 30.1 Å². The van der Waals surface area contributed by atoms with E-state index >= 15 is 0 Å². The zero-order valence-corrected chi connectivity index (χ0v) is 11.7. The molecule has 0 aromatic carbocycles. The number of amides is 2. The molecular weight excluding hydrogens is 254 g/mol. The predicted octanol–water partition coefficient (Wildman–Crippen LogP) is 0.0985. The third kappa shape index (κ3) is 3.59. The van der Waals surface area contributed by atoms with Gasteiger partial charge in [-0.3, -0.25) is 9.59 Å². The molecule has 0 aromatic rings. The van der Waals surface area contributed by atoms with Gasteiger partial charge in [0.1, 0.15) is 0 Å². The van der Waals surface area contributed by atoms with Gasteiger partial charge in [-0.15, -0.1) is 12.4 Å². The first-order valence-electron chi connectivity index (χ1n) is 6.43. The Balaban J connectivity index is 0.00000162. The lowest BCUT2D eigenvalue weighted by Gasteiger charge is -2.36. The summed E-state index contributed by atoms with van der Waals surface area (Å²) in [4.78, 5) is 27.2. The van der Waals surface area contributed by atoms with Gasteiger partial charge in [-0.05, 0) is 25.9 Å². The van der Waals surface area contributed by atoms with Gasteiger partial charge in [0.2, 0.25) is 11.8 Å². The zero-order chi connectivity index (χ0) is 12.3. The first-order valence-corrected chi connectivity index (χ1v) is 6.43. The molecule has 2 saturated heterocycles. The average Bonchev–Trinajstić information content (AvgIpc) is 2.39. The van der Waals surface area contributed by atoms with Crippen molar-refractivity contribution in [3.8, 4) is 0 Å². The smallest absolute Gasteiger partial charge is 0.225 e. The fraction of sp³-hybridized carbons (Fsp3) is 0.833. The molecule has 2 aliphatic rings. The maximum atomic E-state index is 12.2. The van der Waals surface area contributed by atoms with Gasteiger partial charge < -0.3 is 15.1 Å². The van der Waals surface area contributed by atoms with Crippen LogP contribution in [0.15, 0.2) is 0 Å². The molecule has 104 valence electrons. The first-order chi connectivity index (χ1) is 8.18. The Bertz CT molecular complexity index is 298. The molecular formula is C12H22ClN3O2. The van der Waals surface area contributed by atoms with Gasteiger partial charge in [0, 0.05) is 39.0 Å². The second-order valence-electron chi connectivity index (χ2n) is 4.86. The van der Waals surface area contributed by atoms with Crippen molar-refractivity contribution < 1.29 is 9.59 Å². The van der Waals surface area contributed by atoms with Gasteiger partial charge in [-0.25, -0.2) is 0 Å². The molecule has 2 heterocycles. The zero-order valence-electron chi connectivity index (χ0n) is 10.9. The lowest BCUT2D eigenvalue weighted by molar-refractivity contribution is -0.141. The van der Waals surface area contributed by atoms with Crippen LogP contribution in [0.5, 0.6) is 0 Å². The number of carbonyl (C=O) groups is 2. The van der Waals surface area contributed by atoms with Gasteiger partial charge in [-0.2, -0.15) is 0 Å². The number of piperazine rings is 1. The Morgan fingerprint density at radius 2 is 1.50 bits per heavy atom. The molecule has 2 rings (SSSR count). The highest BCUT2D eigenvalue weighted by Crippen LogP contribution is 2.16. The van der Waals surface area contributed by atoms with E-state index in [1.807, 2.05) is 9.80 Å². The molecule has 0 spiro atoms. The van der Waals surface area contributed by atoms with Gasteiger partial charge >= 0.3 is 0 Å². The Morgan fingerprint density at radius 3 is 2.00 bits per heavy atom. The van der Waals surface area contributed by atoms with Gasteiger partial charge in [0.05, 0.1) is 0 Å². The first kappa shape index (κ1) is 15.2. The summed E-state index contributed by atoms with van der Waals surface area (Å²) in [7, 11) is 0. The Kier molecular flexibility index (Phi) is 5.88. The minimum atomic E-state index is 0. The fourth-order valence-corrected chi connectivity index (χ4v) is 2.57. The number of nitrogens with zero attached hydrogens (tertiary/aromatic N) is 2. The van der Waals surface area contributed by atoms with E-state index in [4.69, 9.17) is 0 Å². The average molecular weight is 276 g/mol. The van der Waals surface area contributed by atoms with Crippen LogP contribution in [0.25, 0.3) is 0 Å². The van der Waals surface area contributed by atoms with E-state index in [0.717, 1.165) is 25.9 Å². The van der Waals surface area contributed by atoms with Crippen molar-refractivity contribution in [2.75, 3.05) is 39.3 Å². The molecule has 2 fully saturated rings. The number of hydrogen-bond donors (Lipinski definition) is 1. The largest absolute Gasteiger partial charge is 0.339 e. The molecule has 6 heteroatoms. The summed E-state index contributed by atoms with van der Waals surface area (Å²) in [5, 5.41) is 3.27. The maximum absolute atomic E-state index is 12.2. The summed E-state index contributed by atoms with van der Waals surface area (Å²) in [5.74, 6) is 0.591. The Morgan fingerprint density at radius 1 is 1.00 bits per heavy atom. The summed E-state index contributed by atoms with van der Waals surface area (Å²) < 4.78 is 0. The van der Waals surface area contributed by atoms with E-state index in [0.29, 0.717) is 26.2 Å². The molecule has 0 saturated carbocycles. The predicted molar refractivity (Wildman–Crippen MR) is 71.7 cm³/mol. The van der Waals surface area contributed by atoms with Crippen LogP contribution in [0.1, 0.15) is 19.8 Å². The third-order valence-corrected chi connectivity index (χ3v) is 3.73. The molecule has 0 unspecified atom stereocenters. The van der Waals surface area contributed by atoms with Gasteiger partial charge in [0.25, 0.3) is 0 Å². The number of carbonyl (C=O) groups excluding carboxylic acids is 2. The quantitative estimate of drug-likeness (QED) is 0.738. The number of rotatable bonds is 1. The topological polar surface area (TPSA) is 52.7 Å². The molecule has 0 bridgehead atoms. The van der Waals surface area contributed by atoms with Crippen LogP contribution in [0.4, 0.5) is 0 Å². The highest BCUT2D eigenvalue weighted by molar-refractivity contribution is 5.85. The van der Waals surface area contributed by atoms with Gasteiger partial charge in [0.15, 0.2) is 0 Å². The highest BCUT2D eigenvalue weighted by atomic mass is 35.5. The van der Waals surface area contributed by atoms with Crippen LogP contribution in [0, 0.1) is 5.92 Å². The van der Waals surface area contributed by atoms with Crippen molar-refractivity contribution in [1.29, 1.82) is 0 Å². The summed E-state index contributed by atoms with van der Waals surface area (Å²) >= 11 is 0. The van der Waals surface area contributed by atoms with Crippen molar-refractivity contribution in [3.05, 3.63) is 0 Å². The monoisotopic (exact) mass is 275 g/mol. The second-order valence-corrected chi connectivity index (χ2v) is 4.86. The van der Waals surface area contributed by atoms with Crippen LogP contribution in [0.2, 0.25) is 0 Å². The summed E-state index contributed by atoms with van der Waals surface area (Å²) in [6.45, 7) is 6.25. The number of hydrogen-bond acceptors (Lipinski definition) is 3. The fourth-order valence-electron chi connectivity index (χ4n) is 2.57. The molecule has 2 aliphatic heterocycles. The summed E-state index contributed by atoms with van der Waals surface area (Å²) in [6.07, 6.45) is 1.90. The van der Waals surface area contributed by atoms with Crippen molar-refractivity contribution in [2.24, 2.45) is 5.92 Å². The van der Waals surface area contributed by atoms with Crippen LogP contribution < -0.4 is 5.32 Å². The number of nitrogens with one attached hydrogen (secondary N) is 1. The molecule has 0 aliphatic carbocycles. The molecule has 0 atom stereocenters. The Labute approximate surface area is 114 Å². The maximum Gasteiger partial charge on any atom is 0.225 e. The third-order valence-electron chi connectivity index (χ3n) is 3.73. The molecule has 0 aromatic heterocycles. The van der Waals surface area contributed by atoms with Crippen LogP contribution >= 0.6 is 12.4 Å². The van der Waals surface area contributed by atoms with E-state index in [1.165, 1.54) is 0 Å². The minimum absolute atomic E-state index is 0. The van der Waals surface area contributed by atoms with Gasteiger partial charge in [-0.1, -0.05) is 0 Å². The van der Waals surface area contributed by atoms with Crippen LogP contribution in [0.3, 0.4) is 0 Å².